The molecular weight excluding hydrogens is 210 g/mol. The molecule has 2 nitrogen and oxygen atoms in total. The number of benzene rings is 1. The molecule has 0 bridgehead atoms. The summed E-state index contributed by atoms with van der Waals surface area (Å²) in [5.74, 6) is 0.694. The van der Waals surface area contributed by atoms with Gasteiger partial charge in [0.15, 0.2) is 0 Å². The van der Waals surface area contributed by atoms with Gasteiger partial charge in [0.25, 0.3) is 0 Å². The molecular formula is C12H16ClNO. The first kappa shape index (κ1) is 12.1. The molecule has 0 fully saturated rings. The summed E-state index contributed by atoms with van der Waals surface area (Å²) in [7, 11) is 1.61. The number of methoxy groups -OCH3 is 1. The first-order valence-corrected chi connectivity index (χ1v) is 5.32. The van der Waals surface area contributed by atoms with Crippen molar-refractivity contribution in [1.29, 1.82) is 0 Å². The molecule has 15 heavy (non-hydrogen) atoms. The van der Waals surface area contributed by atoms with Crippen molar-refractivity contribution in [3.63, 3.8) is 0 Å². The van der Waals surface area contributed by atoms with Crippen molar-refractivity contribution >= 4 is 17.7 Å². The summed E-state index contributed by atoms with van der Waals surface area (Å²) in [5.41, 5.74) is 7.86. The molecule has 0 aliphatic carbocycles. The molecule has 0 saturated carbocycles. The molecule has 0 atom stereocenters. The highest BCUT2D eigenvalue weighted by Crippen LogP contribution is 2.25. The Labute approximate surface area is 95.7 Å². The Morgan fingerprint density at radius 2 is 2.27 bits per heavy atom. The normalized spacial score (nSPS) is 11.6. The minimum absolute atomic E-state index is 0.583. The van der Waals surface area contributed by atoms with Gasteiger partial charge in [-0.1, -0.05) is 36.2 Å². The zero-order valence-corrected chi connectivity index (χ0v) is 9.84. The van der Waals surface area contributed by atoms with Crippen LogP contribution < -0.4 is 10.5 Å². The maximum Gasteiger partial charge on any atom is 0.137 e. The Balaban J connectivity index is 2.97. The minimum atomic E-state index is 0.583. The summed E-state index contributed by atoms with van der Waals surface area (Å²) < 4.78 is 5.08. The van der Waals surface area contributed by atoms with Gasteiger partial charge < -0.3 is 10.5 Å². The van der Waals surface area contributed by atoms with E-state index in [1.54, 1.807) is 7.11 Å². The van der Waals surface area contributed by atoms with Gasteiger partial charge in [0.05, 0.1) is 12.1 Å². The molecule has 0 spiro atoms. The summed E-state index contributed by atoms with van der Waals surface area (Å²) in [6, 6.07) is 5.71. The Hall–Kier alpha value is -0.990. The molecule has 1 rings (SSSR count). The monoisotopic (exact) mass is 225 g/mol. The van der Waals surface area contributed by atoms with E-state index in [0.717, 1.165) is 12.0 Å². The van der Waals surface area contributed by atoms with Gasteiger partial charge in [-0.3, -0.25) is 0 Å². The fourth-order valence-corrected chi connectivity index (χ4v) is 1.58. The summed E-state index contributed by atoms with van der Waals surface area (Å²) >= 11 is 6.01. The van der Waals surface area contributed by atoms with E-state index in [9.17, 15) is 0 Å². The summed E-state index contributed by atoms with van der Waals surface area (Å²) in [6.07, 6.45) is 3.02. The fourth-order valence-electron chi connectivity index (χ4n) is 1.31. The summed E-state index contributed by atoms with van der Waals surface area (Å²) in [6.45, 7) is 2.67. The Morgan fingerprint density at radius 1 is 1.53 bits per heavy atom. The molecule has 0 aliphatic rings. The number of hydrogen-bond donors (Lipinski definition) is 1. The lowest BCUT2D eigenvalue weighted by atomic mass is 10.1. The fraction of sp³-hybridized carbons (Fsp3) is 0.333. The van der Waals surface area contributed by atoms with E-state index in [2.05, 4.69) is 13.0 Å². The van der Waals surface area contributed by atoms with E-state index in [-0.39, 0.29) is 0 Å². The lowest BCUT2D eigenvalue weighted by molar-refractivity contribution is 0.415. The van der Waals surface area contributed by atoms with Gasteiger partial charge in [-0.2, -0.15) is 0 Å². The zero-order chi connectivity index (χ0) is 11.3. The van der Waals surface area contributed by atoms with Crippen LogP contribution in [-0.4, -0.2) is 13.7 Å². The highest BCUT2D eigenvalue weighted by atomic mass is 35.5. The van der Waals surface area contributed by atoms with Crippen LogP contribution in [0.2, 0.25) is 5.02 Å². The van der Waals surface area contributed by atoms with Gasteiger partial charge in [0, 0.05) is 6.54 Å². The molecule has 0 unspecified atom stereocenters. The van der Waals surface area contributed by atoms with Gasteiger partial charge in [-0.15, -0.1) is 0 Å². The van der Waals surface area contributed by atoms with Crippen molar-refractivity contribution in [2.75, 3.05) is 13.7 Å². The number of halogens is 1. The molecule has 0 heterocycles. The molecule has 82 valence electrons. The topological polar surface area (TPSA) is 35.2 Å². The lowest BCUT2D eigenvalue weighted by Crippen LogP contribution is -2.01. The molecule has 2 N–H and O–H groups in total. The first-order chi connectivity index (χ1) is 7.21. The average molecular weight is 226 g/mol. The van der Waals surface area contributed by atoms with Crippen LogP contribution in [0.5, 0.6) is 5.75 Å². The maximum atomic E-state index is 6.01. The SMILES string of the molecule is CCC(=Cc1ccc(OC)c(Cl)c1)CN. The third-order valence-corrected chi connectivity index (χ3v) is 2.56. The predicted molar refractivity (Wildman–Crippen MR) is 65.3 cm³/mol. The Morgan fingerprint density at radius 3 is 2.73 bits per heavy atom. The van der Waals surface area contributed by atoms with Gasteiger partial charge >= 0.3 is 0 Å². The van der Waals surface area contributed by atoms with Crippen molar-refractivity contribution in [1.82, 2.24) is 0 Å². The number of rotatable bonds is 4. The summed E-state index contributed by atoms with van der Waals surface area (Å²) in [5, 5.41) is 0.624. The minimum Gasteiger partial charge on any atom is -0.495 e. The van der Waals surface area contributed by atoms with Gasteiger partial charge in [0.1, 0.15) is 5.75 Å². The van der Waals surface area contributed by atoms with E-state index in [4.69, 9.17) is 22.1 Å². The molecule has 0 saturated heterocycles. The van der Waals surface area contributed by atoms with Crippen LogP contribution in [0.1, 0.15) is 18.9 Å². The van der Waals surface area contributed by atoms with E-state index >= 15 is 0 Å². The van der Waals surface area contributed by atoms with Crippen LogP contribution >= 0.6 is 11.6 Å². The van der Waals surface area contributed by atoms with Crippen LogP contribution in [0.15, 0.2) is 23.8 Å². The standard InChI is InChI=1S/C12H16ClNO/c1-3-9(8-14)6-10-4-5-12(15-2)11(13)7-10/h4-7H,3,8,14H2,1-2H3. The van der Waals surface area contributed by atoms with Crippen molar-refractivity contribution in [3.05, 3.63) is 34.4 Å². The van der Waals surface area contributed by atoms with E-state index in [1.807, 2.05) is 18.2 Å². The zero-order valence-electron chi connectivity index (χ0n) is 9.09. The second-order valence-electron chi connectivity index (χ2n) is 3.25. The third-order valence-electron chi connectivity index (χ3n) is 2.26. The Bertz CT molecular complexity index is 355. The molecule has 1 aromatic rings. The Kier molecular flexibility index (Phi) is 4.66. The smallest absolute Gasteiger partial charge is 0.137 e. The highest BCUT2D eigenvalue weighted by Gasteiger charge is 2.00. The number of hydrogen-bond acceptors (Lipinski definition) is 2. The van der Waals surface area contributed by atoms with Gasteiger partial charge in [0.2, 0.25) is 0 Å². The van der Waals surface area contributed by atoms with E-state index in [0.29, 0.717) is 17.3 Å². The van der Waals surface area contributed by atoms with Crippen molar-refractivity contribution in [2.45, 2.75) is 13.3 Å². The molecule has 3 heteroatoms. The third kappa shape index (κ3) is 3.26. The molecule has 0 radical (unpaired) electrons. The van der Waals surface area contributed by atoms with Crippen LogP contribution in [0, 0.1) is 0 Å². The number of ether oxygens (including phenoxy) is 1. The second kappa shape index (κ2) is 5.79. The lowest BCUT2D eigenvalue weighted by Gasteiger charge is -2.05. The average Bonchev–Trinajstić information content (AvgIpc) is 2.26. The van der Waals surface area contributed by atoms with E-state index in [1.165, 1.54) is 5.57 Å². The van der Waals surface area contributed by atoms with Gasteiger partial charge in [-0.05, 0) is 24.1 Å². The molecule has 0 amide bonds. The molecule has 1 aromatic carbocycles. The van der Waals surface area contributed by atoms with Crippen LogP contribution in [-0.2, 0) is 0 Å². The second-order valence-corrected chi connectivity index (χ2v) is 3.66. The molecule has 0 aromatic heterocycles. The highest BCUT2D eigenvalue weighted by molar-refractivity contribution is 6.32. The van der Waals surface area contributed by atoms with E-state index < -0.39 is 0 Å². The predicted octanol–water partition coefficient (Wildman–Crippen LogP) is 3.10. The maximum absolute atomic E-state index is 6.01. The number of nitrogens with two attached hydrogens (primary N) is 1. The van der Waals surface area contributed by atoms with Gasteiger partial charge in [-0.25, -0.2) is 0 Å². The van der Waals surface area contributed by atoms with Crippen molar-refractivity contribution in [2.24, 2.45) is 5.73 Å². The van der Waals surface area contributed by atoms with Crippen LogP contribution in [0.3, 0.4) is 0 Å². The largest absolute Gasteiger partial charge is 0.495 e. The summed E-state index contributed by atoms with van der Waals surface area (Å²) in [4.78, 5) is 0. The quantitative estimate of drug-likeness (QED) is 0.855. The van der Waals surface area contributed by atoms with Crippen molar-refractivity contribution in [3.8, 4) is 5.75 Å². The van der Waals surface area contributed by atoms with Crippen LogP contribution in [0.4, 0.5) is 0 Å². The van der Waals surface area contributed by atoms with Crippen molar-refractivity contribution < 1.29 is 4.74 Å². The first-order valence-electron chi connectivity index (χ1n) is 4.94. The molecule has 0 aliphatic heterocycles. The van der Waals surface area contributed by atoms with Crippen LogP contribution in [0.25, 0.3) is 6.08 Å².